The molecule has 158 valence electrons. The van der Waals surface area contributed by atoms with Crippen molar-refractivity contribution in [3.8, 4) is 5.75 Å². The summed E-state index contributed by atoms with van der Waals surface area (Å²) < 4.78 is 5.90. The second-order valence-corrected chi connectivity index (χ2v) is 8.41. The monoisotopic (exact) mass is 423 g/mol. The molecule has 1 atom stereocenters. The van der Waals surface area contributed by atoms with E-state index < -0.39 is 0 Å². The van der Waals surface area contributed by atoms with Crippen molar-refractivity contribution in [1.29, 1.82) is 0 Å². The van der Waals surface area contributed by atoms with Gasteiger partial charge in [0.1, 0.15) is 17.4 Å². The number of urea groups is 1. The number of nitrogens with zero attached hydrogens (tertiary/aromatic N) is 2. The number of para-hydroxylation sites is 1. The average molecular weight is 424 g/mol. The number of thiazole rings is 1. The van der Waals surface area contributed by atoms with Gasteiger partial charge in [-0.25, -0.2) is 9.78 Å². The molecule has 0 aliphatic rings. The first-order valence-electron chi connectivity index (χ1n) is 10.2. The van der Waals surface area contributed by atoms with Crippen molar-refractivity contribution in [1.82, 2.24) is 9.88 Å². The second-order valence-electron chi connectivity index (χ2n) is 7.47. The van der Waals surface area contributed by atoms with Crippen molar-refractivity contribution in [3.05, 3.63) is 75.7 Å². The van der Waals surface area contributed by atoms with Crippen LogP contribution in [0.3, 0.4) is 0 Å². The van der Waals surface area contributed by atoms with E-state index in [0.717, 1.165) is 39.7 Å². The van der Waals surface area contributed by atoms with E-state index >= 15 is 0 Å². The highest BCUT2D eigenvalue weighted by Gasteiger charge is 2.21. The fourth-order valence-electron chi connectivity index (χ4n) is 3.00. The Hall–Kier alpha value is -2.86. The van der Waals surface area contributed by atoms with Gasteiger partial charge in [-0.1, -0.05) is 42.8 Å². The molecule has 0 saturated heterocycles. The topological polar surface area (TPSA) is 54.5 Å². The largest absolute Gasteiger partial charge is 0.486 e. The lowest BCUT2D eigenvalue weighted by molar-refractivity contribution is 0.186. The number of anilines is 1. The first-order valence-corrected chi connectivity index (χ1v) is 11.1. The van der Waals surface area contributed by atoms with Crippen LogP contribution in [-0.2, 0) is 13.2 Å². The van der Waals surface area contributed by atoms with Crippen molar-refractivity contribution >= 4 is 23.1 Å². The molecular weight excluding hydrogens is 394 g/mol. The molecule has 1 N–H and O–H groups in total. The first kappa shape index (κ1) is 21.8. The van der Waals surface area contributed by atoms with Crippen LogP contribution in [0.25, 0.3) is 0 Å². The SMILES string of the molecule is CCC(C)N(Cc1csc(COc2ccccc2C)n1)C(=O)Nc1ccc(C)cc1. The second kappa shape index (κ2) is 10.3. The molecule has 2 amide bonds. The van der Waals surface area contributed by atoms with E-state index in [-0.39, 0.29) is 12.1 Å². The average Bonchev–Trinajstić information content (AvgIpc) is 3.20. The summed E-state index contributed by atoms with van der Waals surface area (Å²) in [5, 5.41) is 5.91. The van der Waals surface area contributed by atoms with Gasteiger partial charge in [0.25, 0.3) is 0 Å². The van der Waals surface area contributed by atoms with Gasteiger partial charge >= 0.3 is 6.03 Å². The maximum absolute atomic E-state index is 12.9. The molecule has 3 rings (SSSR count). The Morgan fingerprint density at radius 2 is 1.90 bits per heavy atom. The number of hydrogen-bond acceptors (Lipinski definition) is 4. The number of ether oxygens (including phenoxy) is 1. The fraction of sp³-hybridized carbons (Fsp3) is 0.333. The van der Waals surface area contributed by atoms with Crippen molar-refractivity contribution in [2.24, 2.45) is 0 Å². The number of hydrogen-bond donors (Lipinski definition) is 1. The van der Waals surface area contributed by atoms with Crippen LogP contribution in [0.1, 0.15) is 42.1 Å². The number of nitrogens with one attached hydrogen (secondary N) is 1. The van der Waals surface area contributed by atoms with Crippen LogP contribution in [0.15, 0.2) is 53.9 Å². The third kappa shape index (κ3) is 5.83. The van der Waals surface area contributed by atoms with Crippen molar-refractivity contribution in [2.75, 3.05) is 5.32 Å². The zero-order valence-corrected chi connectivity index (χ0v) is 18.8. The molecule has 3 aromatic rings. The van der Waals surface area contributed by atoms with Crippen LogP contribution in [0, 0.1) is 13.8 Å². The first-order chi connectivity index (χ1) is 14.5. The molecule has 30 heavy (non-hydrogen) atoms. The van der Waals surface area contributed by atoms with Gasteiger partial charge in [-0.3, -0.25) is 0 Å². The molecule has 1 heterocycles. The molecule has 0 bridgehead atoms. The highest BCUT2D eigenvalue weighted by atomic mass is 32.1. The summed E-state index contributed by atoms with van der Waals surface area (Å²) in [7, 11) is 0. The van der Waals surface area contributed by atoms with Gasteiger partial charge in [0.05, 0.1) is 12.2 Å². The number of rotatable bonds is 8. The number of amides is 2. The predicted molar refractivity (Wildman–Crippen MR) is 123 cm³/mol. The summed E-state index contributed by atoms with van der Waals surface area (Å²) >= 11 is 1.56. The summed E-state index contributed by atoms with van der Waals surface area (Å²) in [6.07, 6.45) is 0.870. The summed E-state index contributed by atoms with van der Waals surface area (Å²) in [6, 6.07) is 15.8. The molecule has 0 fully saturated rings. The molecule has 0 saturated carbocycles. The predicted octanol–water partition coefficient (Wildman–Crippen LogP) is 6.17. The van der Waals surface area contributed by atoms with E-state index in [1.165, 1.54) is 0 Å². The number of aromatic nitrogens is 1. The number of benzene rings is 2. The van der Waals surface area contributed by atoms with Gasteiger partial charge in [-0.2, -0.15) is 0 Å². The molecule has 6 heteroatoms. The third-order valence-corrected chi connectivity index (χ3v) is 5.93. The van der Waals surface area contributed by atoms with Crippen LogP contribution in [0.5, 0.6) is 5.75 Å². The molecule has 0 aliphatic carbocycles. The highest BCUT2D eigenvalue weighted by Crippen LogP contribution is 2.21. The van der Waals surface area contributed by atoms with E-state index in [1.54, 1.807) is 11.3 Å². The molecule has 0 radical (unpaired) electrons. The van der Waals surface area contributed by atoms with E-state index in [1.807, 2.05) is 72.7 Å². The Labute approximate surface area is 182 Å². The summed E-state index contributed by atoms with van der Waals surface area (Å²) in [5.74, 6) is 0.868. The van der Waals surface area contributed by atoms with Crippen LogP contribution < -0.4 is 10.1 Å². The van der Waals surface area contributed by atoms with E-state index in [2.05, 4.69) is 24.1 Å². The van der Waals surface area contributed by atoms with Crippen LogP contribution >= 0.6 is 11.3 Å². The third-order valence-electron chi connectivity index (χ3n) is 5.06. The Morgan fingerprint density at radius 1 is 1.17 bits per heavy atom. The molecule has 0 aliphatic heterocycles. The summed E-state index contributed by atoms with van der Waals surface area (Å²) in [5.41, 5.74) is 3.94. The van der Waals surface area contributed by atoms with Crippen LogP contribution in [0.4, 0.5) is 10.5 Å². The van der Waals surface area contributed by atoms with Gasteiger partial charge in [0, 0.05) is 17.1 Å². The molecule has 0 spiro atoms. The minimum Gasteiger partial charge on any atom is -0.486 e. The lowest BCUT2D eigenvalue weighted by Crippen LogP contribution is -2.40. The lowest BCUT2D eigenvalue weighted by atomic mass is 10.2. The minimum absolute atomic E-state index is 0.101. The van der Waals surface area contributed by atoms with Gasteiger partial charge in [0.15, 0.2) is 0 Å². The Bertz CT molecular complexity index is 969. The highest BCUT2D eigenvalue weighted by molar-refractivity contribution is 7.09. The molecular formula is C24H29N3O2S. The van der Waals surface area contributed by atoms with Crippen molar-refractivity contribution in [2.45, 2.75) is 53.3 Å². The van der Waals surface area contributed by atoms with E-state index in [9.17, 15) is 4.79 Å². The molecule has 2 aromatic carbocycles. The van der Waals surface area contributed by atoms with Crippen LogP contribution in [0.2, 0.25) is 0 Å². The Kier molecular flexibility index (Phi) is 7.46. The zero-order chi connectivity index (χ0) is 21.5. The Balaban J connectivity index is 1.64. The number of aryl methyl sites for hydroxylation is 2. The minimum atomic E-state index is -0.112. The van der Waals surface area contributed by atoms with Crippen LogP contribution in [-0.4, -0.2) is 22.0 Å². The normalized spacial score (nSPS) is 11.7. The fourth-order valence-corrected chi connectivity index (χ4v) is 3.70. The molecule has 5 nitrogen and oxygen atoms in total. The zero-order valence-electron chi connectivity index (χ0n) is 18.0. The van der Waals surface area contributed by atoms with Gasteiger partial charge in [-0.05, 0) is 51.0 Å². The Morgan fingerprint density at radius 3 is 2.60 bits per heavy atom. The maximum atomic E-state index is 12.9. The van der Waals surface area contributed by atoms with Gasteiger partial charge < -0.3 is 15.0 Å². The molecule has 1 aromatic heterocycles. The van der Waals surface area contributed by atoms with Crippen molar-refractivity contribution < 1.29 is 9.53 Å². The lowest BCUT2D eigenvalue weighted by Gasteiger charge is -2.28. The number of carbonyl (C=O) groups is 1. The number of carbonyl (C=O) groups excluding carboxylic acids is 1. The standard InChI is InChI=1S/C24H29N3O2S/c1-5-19(4)27(24(28)26-20-12-10-17(2)11-13-20)14-21-16-30-23(25-21)15-29-22-9-7-6-8-18(22)3/h6-13,16,19H,5,14-15H2,1-4H3,(H,26,28). The molecule has 1 unspecified atom stereocenters. The summed E-state index contributed by atoms with van der Waals surface area (Å²) in [6.45, 7) is 9.09. The maximum Gasteiger partial charge on any atom is 0.322 e. The van der Waals surface area contributed by atoms with E-state index in [4.69, 9.17) is 4.74 Å². The quantitative estimate of drug-likeness (QED) is 0.471. The smallest absolute Gasteiger partial charge is 0.322 e. The van der Waals surface area contributed by atoms with E-state index in [0.29, 0.717) is 13.2 Å². The van der Waals surface area contributed by atoms with Gasteiger partial charge in [-0.15, -0.1) is 11.3 Å². The summed E-state index contributed by atoms with van der Waals surface area (Å²) in [4.78, 5) is 19.4. The van der Waals surface area contributed by atoms with Gasteiger partial charge in [0.2, 0.25) is 0 Å². The van der Waals surface area contributed by atoms with Crippen molar-refractivity contribution in [3.63, 3.8) is 0 Å².